The van der Waals surface area contributed by atoms with Crippen molar-refractivity contribution in [3.05, 3.63) is 24.5 Å². The van der Waals surface area contributed by atoms with Gasteiger partial charge in [-0.15, -0.1) is 0 Å². The van der Waals surface area contributed by atoms with Crippen LogP contribution in [-0.4, -0.2) is 16.0 Å². The van der Waals surface area contributed by atoms with E-state index in [2.05, 4.69) is 35.2 Å². The molecule has 0 bridgehead atoms. The maximum Gasteiger partial charge on any atom is 0.111 e. The van der Waals surface area contributed by atoms with Gasteiger partial charge in [0.2, 0.25) is 0 Å². The Balaban J connectivity index is 2.30. The molecule has 1 aromatic heterocycles. The fourth-order valence-electron chi connectivity index (χ4n) is 1.79. The molecule has 0 aliphatic heterocycles. The van der Waals surface area contributed by atoms with Crippen molar-refractivity contribution in [2.24, 2.45) is 0 Å². The van der Waals surface area contributed by atoms with Crippen LogP contribution in [0.1, 0.15) is 26.7 Å². The molecule has 0 radical (unpaired) electrons. The number of nitrogens with zero attached hydrogens (tertiary/aromatic N) is 1. The molecule has 0 aliphatic carbocycles. The first-order valence-electron chi connectivity index (χ1n) is 5.53. The molecular formula is C12H17N3. The summed E-state index contributed by atoms with van der Waals surface area (Å²) >= 11 is 0. The van der Waals surface area contributed by atoms with Crippen LogP contribution in [0.4, 0.5) is 5.69 Å². The second kappa shape index (κ2) is 4.34. The van der Waals surface area contributed by atoms with Gasteiger partial charge in [-0.2, -0.15) is 0 Å². The van der Waals surface area contributed by atoms with E-state index >= 15 is 0 Å². The van der Waals surface area contributed by atoms with E-state index in [1.807, 2.05) is 12.1 Å². The lowest BCUT2D eigenvalue weighted by molar-refractivity contribution is 0.672. The maximum absolute atomic E-state index is 4.32. The van der Waals surface area contributed by atoms with Crippen molar-refractivity contribution in [1.82, 2.24) is 9.97 Å². The van der Waals surface area contributed by atoms with Crippen LogP contribution < -0.4 is 5.32 Å². The van der Waals surface area contributed by atoms with Gasteiger partial charge in [0.25, 0.3) is 0 Å². The minimum absolute atomic E-state index is 0.535. The second-order valence-electron chi connectivity index (χ2n) is 3.76. The standard InChI is InChI=1S/C12H17N3/c1-3-9(4-2)15-11-7-5-6-10-12(11)14-8-13-10/h5-9,15H,3-4H2,1-2H3,(H,13,14). The summed E-state index contributed by atoms with van der Waals surface area (Å²) in [5.74, 6) is 0. The third-order valence-electron chi connectivity index (χ3n) is 2.79. The molecule has 0 atom stereocenters. The minimum atomic E-state index is 0.535. The number of imidazole rings is 1. The van der Waals surface area contributed by atoms with Crippen LogP contribution >= 0.6 is 0 Å². The molecule has 2 aromatic rings. The molecule has 0 saturated carbocycles. The number of benzene rings is 1. The van der Waals surface area contributed by atoms with E-state index in [-0.39, 0.29) is 0 Å². The molecule has 0 amide bonds. The lowest BCUT2D eigenvalue weighted by atomic mass is 10.1. The molecule has 0 saturated heterocycles. The molecule has 0 aliphatic rings. The summed E-state index contributed by atoms with van der Waals surface area (Å²) in [6, 6.07) is 6.71. The highest BCUT2D eigenvalue weighted by atomic mass is 15.0. The molecule has 0 unspecified atom stereocenters. The quantitative estimate of drug-likeness (QED) is 0.801. The average molecular weight is 203 g/mol. The molecule has 2 rings (SSSR count). The van der Waals surface area contributed by atoms with Crippen molar-refractivity contribution in [3.63, 3.8) is 0 Å². The summed E-state index contributed by atoms with van der Waals surface area (Å²) in [4.78, 5) is 7.44. The SMILES string of the molecule is CCC(CC)Nc1cccc2[nH]cnc12. The summed E-state index contributed by atoms with van der Waals surface area (Å²) in [6.45, 7) is 4.40. The predicted molar refractivity (Wildman–Crippen MR) is 64.1 cm³/mol. The molecule has 0 fully saturated rings. The minimum Gasteiger partial charge on any atom is -0.381 e. The Kier molecular flexibility index (Phi) is 2.90. The number of aromatic nitrogens is 2. The Morgan fingerprint density at radius 1 is 1.33 bits per heavy atom. The normalized spacial score (nSPS) is 11.1. The highest BCUT2D eigenvalue weighted by Crippen LogP contribution is 2.21. The van der Waals surface area contributed by atoms with Crippen molar-refractivity contribution >= 4 is 16.7 Å². The monoisotopic (exact) mass is 203 g/mol. The number of fused-ring (bicyclic) bond motifs is 1. The van der Waals surface area contributed by atoms with Crippen LogP contribution in [0.2, 0.25) is 0 Å². The van der Waals surface area contributed by atoms with E-state index in [1.54, 1.807) is 6.33 Å². The Bertz CT molecular complexity index is 429. The number of H-pyrrole nitrogens is 1. The van der Waals surface area contributed by atoms with Gasteiger partial charge in [0, 0.05) is 6.04 Å². The molecule has 2 N–H and O–H groups in total. The summed E-state index contributed by atoms with van der Waals surface area (Å²) in [7, 11) is 0. The number of aromatic amines is 1. The van der Waals surface area contributed by atoms with Gasteiger partial charge >= 0.3 is 0 Å². The molecular weight excluding hydrogens is 186 g/mol. The van der Waals surface area contributed by atoms with Crippen molar-refractivity contribution in [1.29, 1.82) is 0 Å². The lowest BCUT2D eigenvalue weighted by Gasteiger charge is -2.16. The zero-order valence-corrected chi connectivity index (χ0v) is 9.25. The molecule has 1 aromatic carbocycles. The Morgan fingerprint density at radius 2 is 2.13 bits per heavy atom. The number of para-hydroxylation sites is 1. The maximum atomic E-state index is 4.32. The van der Waals surface area contributed by atoms with Crippen molar-refractivity contribution in [2.45, 2.75) is 32.7 Å². The van der Waals surface area contributed by atoms with E-state index in [9.17, 15) is 0 Å². The number of rotatable bonds is 4. The fraction of sp³-hybridized carbons (Fsp3) is 0.417. The summed E-state index contributed by atoms with van der Waals surface area (Å²) in [5, 5.41) is 3.52. The first kappa shape index (κ1) is 10.0. The van der Waals surface area contributed by atoms with E-state index in [0.717, 1.165) is 29.6 Å². The summed E-state index contributed by atoms with van der Waals surface area (Å²) in [6.07, 6.45) is 4.01. The van der Waals surface area contributed by atoms with Crippen LogP contribution in [0.5, 0.6) is 0 Å². The van der Waals surface area contributed by atoms with E-state index in [0.29, 0.717) is 6.04 Å². The van der Waals surface area contributed by atoms with Crippen molar-refractivity contribution in [3.8, 4) is 0 Å². The van der Waals surface area contributed by atoms with Crippen LogP contribution in [0, 0.1) is 0 Å². The van der Waals surface area contributed by atoms with Crippen LogP contribution in [0.15, 0.2) is 24.5 Å². The van der Waals surface area contributed by atoms with Gasteiger partial charge in [0.1, 0.15) is 5.52 Å². The Morgan fingerprint density at radius 3 is 2.87 bits per heavy atom. The largest absolute Gasteiger partial charge is 0.381 e. The summed E-state index contributed by atoms with van der Waals surface area (Å²) in [5.41, 5.74) is 3.25. The van der Waals surface area contributed by atoms with Gasteiger partial charge in [-0.25, -0.2) is 4.98 Å². The van der Waals surface area contributed by atoms with E-state index in [4.69, 9.17) is 0 Å². The van der Waals surface area contributed by atoms with Gasteiger partial charge in [-0.05, 0) is 25.0 Å². The molecule has 1 heterocycles. The van der Waals surface area contributed by atoms with Crippen molar-refractivity contribution < 1.29 is 0 Å². The molecule has 3 nitrogen and oxygen atoms in total. The van der Waals surface area contributed by atoms with Gasteiger partial charge < -0.3 is 10.3 Å². The smallest absolute Gasteiger partial charge is 0.111 e. The predicted octanol–water partition coefficient (Wildman–Crippen LogP) is 3.16. The number of anilines is 1. The zero-order valence-electron chi connectivity index (χ0n) is 9.25. The van der Waals surface area contributed by atoms with Crippen LogP contribution in [0.25, 0.3) is 11.0 Å². The highest BCUT2D eigenvalue weighted by molar-refractivity contribution is 5.87. The van der Waals surface area contributed by atoms with Gasteiger partial charge in [-0.1, -0.05) is 19.9 Å². The third kappa shape index (κ3) is 1.96. The van der Waals surface area contributed by atoms with Crippen LogP contribution in [0.3, 0.4) is 0 Å². The second-order valence-corrected chi connectivity index (χ2v) is 3.76. The number of hydrogen-bond donors (Lipinski definition) is 2. The lowest BCUT2D eigenvalue weighted by Crippen LogP contribution is -2.17. The zero-order chi connectivity index (χ0) is 10.7. The molecule has 3 heteroatoms. The Hall–Kier alpha value is -1.51. The molecule has 0 spiro atoms. The average Bonchev–Trinajstić information content (AvgIpc) is 2.74. The summed E-state index contributed by atoms with van der Waals surface area (Å²) < 4.78 is 0. The van der Waals surface area contributed by atoms with Crippen LogP contribution in [-0.2, 0) is 0 Å². The highest BCUT2D eigenvalue weighted by Gasteiger charge is 2.07. The van der Waals surface area contributed by atoms with E-state index in [1.165, 1.54) is 0 Å². The molecule has 80 valence electrons. The fourth-order valence-corrected chi connectivity index (χ4v) is 1.79. The number of nitrogens with one attached hydrogen (secondary N) is 2. The topological polar surface area (TPSA) is 40.7 Å². The Labute approximate surface area is 89.9 Å². The van der Waals surface area contributed by atoms with Gasteiger partial charge in [-0.3, -0.25) is 0 Å². The first-order valence-corrected chi connectivity index (χ1v) is 5.53. The third-order valence-corrected chi connectivity index (χ3v) is 2.79. The van der Waals surface area contributed by atoms with Gasteiger partial charge in [0.05, 0.1) is 17.5 Å². The van der Waals surface area contributed by atoms with E-state index < -0.39 is 0 Å². The van der Waals surface area contributed by atoms with Gasteiger partial charge in [0.15, 0.2) is 0 Å². The van der Waals surface area contributed by atoms with Crippen molar-refractivity contribution in [2.75, 3.05) is 5.32 Å². The first-order chi connectivity index (χ1) is 7.35. The molecule has 15 heavy (non-hydrogen) atoms. The number of hydrogen-bond acceptors (Lipinski definition) is 2.